The van der Waals surface area contributed by atoms with Gasteiger partial charge in [-0.05, 0) is 19.5 Å². The molecule has 1 aromatic carbocycles. The van der Waals surface area contributed by atoms with E-state index in [1.54, 1.807) is 0 Å². The van der Waals surface area contributed by atoms with Crippen molar-refractivity contribution in [3.05, 3.63) is 35.9 Å². The summed E-state index contributed by atoms with van der Waals surface area (Å²) in [6, 6.07) is 9.87. The van der Waals surface area contributed by atoms with E-state index in [1.807, 2.05) is 37.3 Å². The Kier molecular flexibility index (Phi) is 9.94. The van der Waals surface area contributed by atoms with E-state index in [1.165, 1.54) is 11.9 Å². The molecule has 0 unspecified atom stereocenters. The van der Waals surface area contributed by atoms with Crippen LogP contribution in [0.1, 0.15) is 12.5 Å². The first-order valence-electron chi connectivity index (χ1n) is 8.30. The van der Waals surface area contributed by atoms with Gasteiger partial charge in [-0.2, -0.15) is 13.2 Å². The number of nitrogens with one attached hydrogen (secondary N) is 2. The molecule has 0 aliphatic rings. The predicted molar refractivity (Wildman–Crippen MR) is 93.6 cm³/mol. The molecule has 0 amide bonds. The van der Waals surface area contributed by atoms with Crippen molar-refractivity contribution in [2.45, 2.75) is 19.7 Å². The number of halogens is 3. The zero-order chi connectivity index (χ0) is 18.5. The van der Waals surface area contributed by atoms with Gasteiger partial charge in [-0.3, -0.25) is 9.89 Å². The lowest BCUT2D eigenvalue weighted by Crippen LogP contribution is -2.40. The highest BCUT2D eigenvalue weighted by atomic mass is 19.4. The average molecular weight is 360 g/mol. The number of likely N-dealkylation sites (N-methyl/N-ethyl adjacent to an activating group) is 1. The summed E-state index contributed by atoms with van der Waals surface area (Å²) < 4.78 is 42.3. The van der Waals surface area contributed by atoms with E-state index in [9.17, 15) is 13.2 Å². The minimum Gasteiger partial charge on any atom is -0.375 e. The van der Waals surface area contributed by atoms with Crippen molar-refractivity contribution < 1.29 is 17.9 Å². The number of alkyl halides is 3. The summed E-state index contributed by atoms with van der Waals surface area (Å²) in [5.41, 5.74) is 1.11. The van der Waals surface area contributed by atoms with Crippen LogP contribution in [0.25, 0.3) is 0 Å². The summed E-state index contributed by atoms with van der Waals surface area (Å²) in [6.07, 6.45) is -4.18. The molecule has 0 saturated carbocycles. The van der Waals surface area contributed by atoms with Gasteiger partial charge < -0.3 is 15.4 Å². The van der Waals surface area contributed by atoms with Crippen LogP contribution >= 0.6 is 0 Å². The maximum atomic E-state index is 12.3. The Morgan fingerprint density at radius 3 is 2.56 bits per heavy atom. The van der Waals surface area contributed by atoms with Gasteiger partial charge in [0.15, 0.2) is 5.96 Å². The van der Waals surface area contributed by atoms with E-state index in [-0.39, 0.29) is 13.1 Å². The molecule has 0 spiro atoms. The molecule has 0 heterocycles. The molecule has 0 atom stereocenters. The standard InChI is InChI=1S/C17H27F3N4O/c1-3-21-16(22-9-11-24(2)14-17(18,19)20)23-10-12-25-13-15-7-5-4-6-8-15/h4-8H,3,9-14H2,1-2H3,(H2,21,22,23). The number of ether oxygens (including phenoxy) is 1. The molecule has 0 aliphatic carbocycles. The maximum Gasteiger partial charge on any atom is 0.401 e. The Labute approximate surface area is 147 Å². The quantitative estimate of drug-likeness (QED) is 0.382. The fourth-order valence-electron chi connectivity index (χ4n) is 2.07. The Morgan fingerprint density at radius 1 is 1.20 bits per heavy atom. The summed E-state index contributed by atoms with van der Waals surface area (Å²) in [6.45, 7) is 3.81. The van der Waals surface area contributed by atoms with Crippen molar-refractivity contribution in [1.82, 2.24) is 15.5 Å². The molecule has 142 valence electrons. The number of hydrogen-bond acceptors (Lipinski definition) is 3. The predicted octanol–water partition coefficient (Wildman–Crippen LogP) is 2.25. The van der Waals surface area contributed by atoms with Crippen molar-refractivity contribution in [3.8, 4) is 0 Å². The largest absolute Gasteiger partial charge is 0.401 e. The van der Waals surface area contributed by atoms with Crippen LogP contribution in [0.15, 0.2) is 35.3 Å². The number of aliphatic imine (C=N–C) groups is 1. The first-order valence-corrected chi connectivity index (χ1v) is 8.30. The normalized spacial score (nSPS) is 12.5. The van der Waals surface area contributed by atoms with Crippen molar-refractivity contribution in [2.75, 3.05) is 46.4 Å². The van der Waals surface area contributed by atoms with Crippen LogP contribution in [0, 0.1) is 0 Å². The second kappa shape index (κ2) is 11.7. The SMILES string of the molecule is CCNC(=NCCN(C)CC(F)(F)F)NCCOCc1ccccc1. The van der Waals surface area contributed by atoms with Gasteiger partial charge in [-0.1, -0.05) is 30.3 Å². The number of guanidine groups is 1. The molecule has 2 N–H and O–H groups in total. The van der Waals surface area contributed by atoms with Gasteiger partial charge in [-0.15, -0.1) is 0 Å². The summed E-state index contributed by atoms with van der Waals surface area (Å²) in [5.74, 6) is 0.575. The van der Waals surface area contributed by atoms with Crippen LogP contribution < -0.4 is 10.6 Å². The third-order valence-electron chi connectivity index (χ3n) is 3.20. The summed E-state index contributed by atoms with van der Waals surface area (Å²) >= 11 is 0. The highest BCUT2D eigenvalue weighted by molar-refractivity contribution is 5.79. The second-order valence-corrected chi connectivity index (χ2v) is 5.58. The summed E-state index contributed by atoms with van der Waals surface area (Å²) in [4.78, 5) is 5.47. The number of rotatable bonds is 10. The van der Waals surface area contributed by atoms with Crippen molar-refractivity contribution in [3.63, 3.8) is 0 Å². The molecule has 0 aliphatic heterocycles. The lowest BCUT2D eigenvalue weighted by atomic mass is 10.2. The second-order valence-electron chi connectivity index (χ2n) is 5.58. The fraction of sp³-hybridized carbons (Fsp3) is 0.588. The van der Waals surface area contributed by atoms with Crippen molar-refractivity contribution in [1.29, 1.82) is 0 Å². The fourth-order valence-corrected chi connectivity index (χ4v) is 2.07. The lowest BCUT2D eigenvalue weighted by molar-refractivity contribution is -0.142. The number of benzene rings is 1. The van der Waals surface area contributed by atoms with Gasteiger partial charge >= 0.3 is 6.18 Å². The molecule has 0 radical (unpaired) electrons. The van der Waals surface area contributed by atoms with Gasteiger partial charge in [-0.25, -0.2) is 0 Å². The first-order chi connectivity index (χ1) is 11.9. The van der Waals surface area contributed by atoms with Gasteiger partial charge in [0.05, 0.1) is 26.3 Å². The minimum atomic E-state index is -4.18. The van der Waals surface area contributed by atoms with Crippen LogP contribution in [-0.2, 0) is 11.3 Å². The molecule has 5 nitrogen and oxygen atoms in total. The van der Waals surface area contributed by atoms with Crippen LogP contribution in [0.3, 0.4) is 0 Å². The molecule has 0 fully saturated rings. The van der Waals surface area contributed by atoms with Crippen LogP contribution in [-0.4, -0.2) is 63.4 Å². The Morgan fingerprint density at radius 2 is 1.92 bits per heavy atom. The Balaban J connectivity index is 2.23. The molecule has 8 heteroatoms. The smallest absolute Gasteiger partial charge is 0.375 e. The topological polar surface area (TPSA) is 48.9 Å². The summed E-state index contributed by atoms with van der Waals surface area (Å²) in [5, 5.41) is 6.16. The highest BCUT2D eigenvalue weighted by Crippen LogP contribution is 2.15. The molecular formula is C17H27F3N4O. The highest BCUT2D eigenvalue weighted by Gasteiger charge is 2.28. The van der Waals surface area contributed by atoms with E-state index < -0.39 is 12.7 Å². The van der Waals surface area contributed by atoms with Gasteiger partial charge in [0.2, 0.25) is 0 Å². The minimum absolute atomic E-state index is 0.237. The number of nitrogens with zero attached hydrogens (tertiary/aromatic N) is 2. The van der Waals surface area contributed by atoms with Crippen molar-refractivity contribution >= 4 is 5.96 Å². The van der Waals surface area contributed by atoms with E-state index in [2.05, 4.69) is 15.6 Å². The Bertz CT molecular complexity index is 494. The van der Waals surface area contributed by atoms with Gasteiger partial charge in [0.1, 0.15) is 0 Å². The number of hydrogen-bond donors (Lipinski definition) is 2. The molecule has 0 bridgehead atoms. The molecule has 0 saturated heterocycles. The molecule has 1 aromatic rings. The zero-order valence-corrected chi connectivity index (χ0v) is 14.8. The molecular weight excluding hydrogens is 333 g/mol. The van der Waals surface area contributed by atoms with E-state index in [0.717, 1.165) is 5.56 Å². The van der Waals surface area contributed by atoms with E-state index in [0.29, 0.717) is 32.3 Å². The van der Waals surface area contributed by atoms with Gasteiger partial charge in [0.25, 0.3) is 0 Å². The van der Waals surface area contributed by atoms with Crippen LogP contribution in [0.2, 0.25) is 0 Å². The maximum absolute atomic E-state index is 12.3. The summed E-state index contributed by atoms with van der Waals surface area (Å²) in [7, 11) is 1.43. The average Bonchev–Trinajstić information content (AvgIpc) is 2.53. The van der Waals surface area contributed by atoms with E-state index in [4.69, 9.17) is 4.74 Å². The third-order valence-corrected chi connectivity index (χ3v) is 3.20. The van der Waals surface area contributed by atoms with Crippen molar-refractivity contribution in [2.24, 2.45) is 4.99 Å². The van der Waals surface area contributed by atoms with E-state index >= 15 is 0 Å². The molecule has 0 aromatic heterocycles. The Hall–Kier alpha value is -1.80. The van der Waals surface area contributed by atoms with Crippen LogP contribution in [0.5, 0.6) is 0 Å². The monoisotopic (exact) mass is 360 g/mol. The lowest BCUT2D eigenvalue weighted by Gasteiger charge is -2.18. The molecule has 1 rings (SSSR count). The zero-order valence-electron chi connectivity index (χ0n) is 14.8. The first kappa shape index (κ1) is 21.2. The van der Waals surface area contributed by atoms with Crippen LogP contribution in [0.4, 0.5) is 13.2 Å². The molecule has 25 heavy (non-hydrogen) atoms. The third kappa shape index (κ3) is 11.4. The van der Waals surface area contributed by atoms with Gasteiger partial charge in [0, 0.05) is 19.6 Å².